The predicted octanol–water partition coefficient (Wildman–Crippen LogP) is 2.25. The first-order chi connectivity index (χ1) is 13.3. The highest BCUT2D eigenvalue weighted by Gasteiger charge is 2.26. The average molecular weight is 513 g/mol. The number of piperazine rings is 1. The van der Waals surface area contributed by atoms with Crippen LogP contribution in [0.1, 0.15) is 26.3 Å². The van der Waals surface area contributed by atoms with Gasteiger partial charge in [0.05, 0.1) is 12.2 Å². The van der Waals surface area contributed by atoms with E-state index in [1.54, 1.807) is 15.9 Å². The number of carbonyl (C=O) groups is 1. The molecule has 1 aliphatic heterocycles. The quantitative estimate of drug-likeness (QED) is 0.384. The molecule has 2 heterocycles. The van der Waals surface area contributed by atoms with Crippen LogP contribution in [0.5, 0.6) is 0 Å². The zero-order valence-electron chi connectivity index (χ0n) is 17.0. The van der Waals surface area contributed by atoms with Crippen molar-refractivity contribution in [1.29, 1.82) is 0 Å². The summed E-state index contributed by atoms with van der Waals surface area (Å²) in [5.74, 6) is 0.490. The van der Waals surface area contributed by atoms with Crippen molar-refractivity contribution in [3.63, 3.8) is 0 Å². The van der Waals surface area contributed by atoms with E-state index in [1.165, 1.54) is 6.33 Å². The van der Waals surface area contributed by atoms with Gasteiger partial charge in [0, 0.05) is 26.2 Å². The number of guanidine groups is 1. The van der Waals surface area contributed by atoms with Gasteiger partial charge in [-0.15, -0.1) is 24.0 Å². The summed E-state index contributed by atoms with van der Waals surface area (Å²) in [5, 5.41) is 4.10. The van der Waals surface area contributed by atoms with Crippen molar-refractivity contribution in [2.75, 3.05) is 26.2 Å². The number of hydrogen-bond donors (Lipinski definition) is 1. The molecule has 10 heteroatoms. The molecule has 0 unspecified atom stereocenters. The smallest absolute Gasteiger partial charge is 0.410 e. The Morgan fingerprint density at radius 1 is 1.14 bits per heavy atom. The number of nitrogens with zero attached hydrogens (tertiary/aromatic N) is 6. The van der Waals surface area contributed by atoms with Crippen molar-refractivity contribution in [2.24, 2.45) is 10.7 Å². The van der Waals surface area contributed by atoms with Crippen molar-refractivity contribution in [1.82, 2.24) is 24.6 Å². The maximum atomic E-state index is 12.1. The zero-order valence-corrected chi connectivity index (χ0v) is 19.3. The Bertz CT molecular complexity index is 808. The molecule has 1 aromatic heterocycles. The number of rotatable bonds is 3. The molecule has 0 radical (unpaired) electrons. The van der Waals surface area contributed by atoms with Gasteiger partial charge >= 0.3 is 6.09 Å². The summed E-state index contributed by atoms with van der Waals surface area (Å²) in [5.41, 5.74) is 7.65. The molecule has 2 aromatic rings. The predicted molar refractivity (Wildman–Crippen MR) is 121 cm³/mol. The molecule has 9 nitrogen and oxygen atoms in total. The summed E-state index contributed by atoms with van der Waals surface area (Å²) >= 11 is 0. The highest BCUT2D eigenvalue weighted by Crippen LogP contribution is 2.12. The Balaban J connectivity index is 0.00000300. The van der Waals surface area contributed by atoms with Crippen molar-refractivity contribution < 1.29 is 9.53 Å². The van der Waals surface area contributed by atoms with Gasteiger partial charge in [-0.05, 0) is 38.5 Å². The first-order valence-electron chi connectivity index (χ1n) is 9.28. The maximum absolute atomic E-state index is 12.1. The number of amides is 1. The van der Waals surface area contributed by atoms with Gasteiger partial charge in [0.25, 0.3) is 0 Å². The van der Waals surface area contributed by atoms with E-state index in [2.05, 4.69) is 15.1 Å². The molecule has 3 rings (SSSR count). The van der Waals surface area contributed by atoms with Crippen LogP contribution in [0.25, 0.3) is 5.69 Å². The van der Waals surface area contributed by atoms with Crippen molar-refractivity contribution in [2.45, 2.75) is 32.9 Å². The second-order valence-corrected chi connectivity index (χ2v) is 7.64. The number of nitrogens with two attached hydrogens (primary N) is 1. The summed E-state index contributed by atoms with van der Waals surface area (Å²) in [6, 6.07) is 7.92. The van der Waals surface area contributed by atoms with Crippen LogP contribution in [-0.4, -0.2) is 68.4 Å². The number of halogens is 1. The number of aromatic nitrogens is 3. The van der Waals surface area contributed by atoms with Gasteiger partial charge in [0.1, 0.15) is 18.3 Å². The highest BCUT2D eigenvalue weighted by atomic mass is 127. The van der Waals surface area contributed by atoms with Gasteiger partial charge in [0.2, 0.25) is 0 Å². The minimum atomic E-state index is -0.488. The highest BCUT2D eigenvalue weighted by molar-refractivity contribution is 14.0. The van der Waals surface area contributed by atoms with E-state index >= 15 is 0 Å². The van der Waals surface area contributed by atoms with Gasteiger partial charge in [-0.25, -0.2) is 19.5 Å². The molecule has 0 bridgehead atoms. The van der Waals surface area contributed by atoms with E-state index in [0.29, 0.717) is 38.7 Å². The fourth-order valence-corrected chi connectivity index (χ4v) is 2.81. The third kappa shape index (κ3) is 6.58. The Labute approximate surface area is 187 Å². The first kappa shape index (κ1) is 22.9. The molecule has 1 aromatic carbocycles. The number of aliphatic imine (C=N–C) groups is 1. The van der Waals surface area contributed by atoms with Crippen LogP contribution in [0.2, 0.25) is 0 Å². The lowest BCUT2D eigenvalue weighted by molar-refractivity contribution is 0.0186. The molecule has 0 aliphatic carbocycles. The fraction of sp³-hybridized carbons (Fsp3) is 0.474. The first-order valence-corrected chi connectivity index (χ1v) is 9.28. The van der Waals surface area contributed by atoms with Gasteiger partial charge in [-0.3, -0.25) is 0 Å². The van der Waals surface area contributed by atoms with Crippen molar-refractivity contribution >= 4 is 36.0 Å². The summed E-state index contributed by atoms with van der Waals surface area (Å²) in [6.45, 7) is 8.50. The van der Waals surface area contributed by atoms with Gasteiger partial charge in [0.15, 0.2) is 5.96 Å². The minimum absolute atomic E-state index is 0. The van der Waals surface area contributed by atoms with Crippen LogP contribution in [-0.2, 0) is 11.3 Å². The Morgan fingerprint density at radius 3 is 2.31 bits per heavy atom. The van der Waals surface area contributed by atoms with Crippen LogP contribution in [0, 0.1) is 0 Å². The van der Waals surface area contributed by atoms with Gasteiger partial charge < -0.3 is 20.3 Å². The van der Waals surface area contributed by atoms with Crippen LogP contribution >= 0.6 is 24.0 Å². The Hall–Kier alpha value is -2.37. The average Bonchev–Trinajstić information content (AvgIpc) is 3.20. The van der Waals surface area contributed by atoms with Crippen LogP contribution in [0.15, 0.2) is 41.9 Å². The van der Waals surface area contributed by atoms with Gasteiger partial charge in [-0.2, -0.15) is 5.10 Å². The van der Waals surface area contributed by atoms with E-state index in [0.717, 1.165) is 11.3 Å². The second-order valence-electron chi connectivity index (χ2n) is 7.64. The van der Waals surface area contributed by atoms with E-state index in [9.17, 15) is 4.79 Å². The summed E-state index contributed by atoms with van der Waals surface area (Å²) < 4.78 is 7.11. The van der Waals surface area contributed by atoms with Crippen molar-refractivity contribution in [3.8, 4) is 5.69 Å². The van der Waals surface area contributed by atoms with E-state index in [1.807, 2.05) is 49.9 Å². The molecule has 0 spiro atoms. The summed E-state index contributed by atoms with van der Waals surface area (Å²) in [7, 11) is 0. The lowest BCUT2D eigenvalue weighted by atomic mass is 10.2. The molecule has 158 valence electrons. The lowest BCUT2D eigenvalue weighted by Gasteiger charge is -2.36. The maximum Gasteiger partial charge on any atom is 0.410 e. The number of hydrogen-bond acceptors (Lipinski definition) is 5. The number of ether oxygens (including phenoxy) is 1. The third-order valence-electron chi connectivity index (χ3n) is 4.30. The molecular formula is C19H28IN7O2. The molecule has 2 N–H and O–H groups in total. The molecule has 1 amide bonds. The van der Waals surface area contributed by atoms with Gasteiger partial charge in [-0.1, -0.05) is 12.1 Å². The summed E-state index contributed by atoms with van der Waals surface area (Å²) in [6.07, 6.45) is 2.87. The molecule has 1 aliphatic rings. The number of benzene rings is 1. The van der Waals surface area contributed by atoms with E-state index in [-0.39, 0.29) is 30.1 Å². The topological polar surface area (TPSA) is 102 Å². The molecule has 1 fully saturated rings. The lowest BCUT2D eigenvalue weighted by Crippen LogP contribution is -2.53. The summed E-state index contributed by atoms with van der Waals surface area (Å²) in [4.78, 5) is 24.3. The van der Waals surface area contributed by atoms with E-state index < -0.39 is 5.60 Å². The van der Waals surface area contributed by atoms with E-state index in [4.69, 9.17) is 10.5 Å². The molecule has 1 saturated heterocycles. The minimum Gasteiger partial charge on any atom is -0.444 e. The van der Waals surface area contributed by atoms with Crippen molar-refractivity contribution in [3.05, 3.63) is 42.5 Å². The zero-order chi connectivity index (χ0) is 20.1. The molecule has 29 heavy (non-hydrogen) atoms. The Morgan fingerprint density at radius 2 is 1.76 bits per heavy atom. The normalized spacial score (nSPS) is 15.1. The second kappa shape index (κ2) is 9.90. The SMILES string of the molecule is CC(C)(C)OC(=O)N1CCN(C(N)=NCc2ccc(-n3cncn3)cc2)CC1.I. The molecular weight excluding hydrogens is 485 g/mol. The number of carbonyl (C=O) groups excluding carboxylic acids is 1. The largest absolute Gasteiger partial charge is 0.444 e. The fourth-order valence-electron chi connectivity index (χ4n) is 2.81. The van der Waals surface area contributed by atoms with Crippen LogP contribution in [0.3, 0.4) is 0 Å². The Kier molecular flexibility index (Phi) is 7.82. The van der Waals surface area contributed by atoms with Crippen LogP contribution in [0.4, 0.5) is 4.79 Å². The molecule has 0 atom stereocenters. The van der Waals surface area contributed by atoms with Crippen LogP contribution < -0.4 is 5.73 Å². The monoisotopic (exact) mass is 513 g/mol. The molecule has 0 saturated carbocycles. The standard InChI is InChI=1S/C19H27N7O2.HI/c1-19(2,3)28-18(27)25-10-8-24(9-11-25)17(20)22-12-15-4-6-16(7-5-15)26-14-21-13-23-26;/h4-7,13-14H,8-12H2,1-3H3,(H2,20,22);1H. The third-order valence-corrected chi connectivity index (χ3v) is 4.30.